The van der Waals surface area contributed by atoms with Gasteiger partial charge in [-0.3, -0.25) is 9.59 Å². The summed E-state index contributed by atoms with van der Waals surface area (Å²) in [5.41, 5.74) is 0.0272. The SMILES string of the molecule is COCC1(CNC(=O)CN2CSCC2=O)CCNCC1. The summed E-state index contributed by atoms with van der Waals surface area (Å²) < 4.78 is 5.32. The maximum atomic E-state index is 12.0. The predicted octanol–water partition coefficient (Wildman–Crippen LogP) is -0.348. The number of methoxy groups -OCH3 is 1. The minimum atomic E-state index is -0.0742. The number of carbonyl (C=O) groups is 2. The molecule has 114 valence electrons. The molecule has 0 aromatic rings. The summed E-state index contributed by atoms with van der Waals surface area (Å²) in [5.74, 6) is 1.10. The van der Waals surface area contributed by atoms with Crippen LogP contribution in [0.5, 0.6) is 0 Å². The van der Waals surface area contributed by atoms with Gasteiger partial charge < -0.3 is 20.3 Å². The van der Waals surface area contributed by atoms with E-state index < -0.39 is 0 Å². The van der Waals surface area contributed by atoms with Gasteiger partial charge in [0.2, 0.25) is 11.8 Å². The summed E-state index contributed by atoms with van der Waals surface area (Å²) in [6.45, 7) is 3.37. The average molecular weight is 301 g/mol. The lowest BCUT2D eigenvalue weighted by Crippen LogP contribution is -2.49. The van der Waals surface area contributed by atoms with Gasteiger partial charge in [0.1, 0.15) is 6.54 Å². The number of carbonyl (C=O) groups excluding carboxylic acids is 2. The monoisotopic (exact) mass is 301 g/mol. The number of thioether (sulfide) groups is 1. The molecule has 6 nitrogen and oxygen atoms in total. The van der Waals surface area contributed by atoms with Crippen molar-refractivity contribution >= 4 is 23.6 Å². The molecule has 0 spiro atoms. The van der Waals surface area contributed by atoms with Crippen molar-refractivity contribution in [2.45, 2.75) is 12.8 Å². The van der Waals surface area contributed by atoms with E-state index in [1.807, 2.05) is 0 Å². The van der Waals surface area contributed by atoms with Gasteiger partial charge in [0.25, 0.3) is 0 Å². The van der Waals surface area contributed by atoms with Crippen LogP contribution in [0.2, 0.25) is 0 Å². The van der Waals surface area contributed by atoms with Crippen molar-refractivity contribution in [2.24, 2.45) is 5.41 Å². The molecule has 0 unspecified atom stereocenters. The summed E-state index contributed by atoms with van der Waals surface area (Å²) in [4.78, 5) is 25.0. The van der Waals surface area contributed by atoms with E-state index in [4.69, 9.17) is 4.74 Å². The lowest BCUT2D eigenvalue weighted by molar-refractivity contribution is -0.132. The molecule has 2 heterocycles. The zero-order valence-corrected chi connectivity index (χ0v) is 12.8. The maximum Gasteiger partial charge on any atom is 0.239 e. The van der Waals surface area contributed by atoms with Gasteiger partial charge in [-0.2, -0.15) is 0 Å². The Kier molecular flexibility index (Phi) is 5.68. The molecule has 0 bridgehead atoms. The Labute approximate surface area is 124 Å². The fourth-order valence-electron chi connectivity index (χ4n) is 2.69. The van der Waals surface area contributed by atoms with Crippen molar-refractivity contribution in [1.29, 1.82) is 0 Å². The van der Waals surface area contributed by atoms with Gasteiger partial charge in [0.15, 0.2) is 0 Å². The van der Waals surface area contributed by atoms with E-state index in [0.29, 0.717) is 24.8 Å². The molecule has 0 atom stereocenters. The Balaban J connectivity index is 1.79. The van der Waals surface area contributed by atoms with Gasteiger partial charge in [-0.15, -0.1) is 11.8 Å². The van der Waals surface area contributed by atoms with E-state index in [2.05, 4.69) is 10.6 Å². The number of ether oxygens (including phenoxy) is 1. The van der Waals surface area contributed by atoms with Gasteiger partial charge in [0, 0.05) is 19.1 Å². The maximum absolute atomic E-state index is 12.0. The standard InChI is InChI=1S/C13H23N3O3S/c1-19-9-13(2-4-14-5-3-13)8-15-11(17)6-16-10-20-7-12(16)18/h14H,2-10H2,1H3,(H,15,17). The normalized spacial score (nSPS) is 22.1. The number of piperidine rings is 1. The number of nitrogens with one attached hydrogen (secondary N) is 2. The summed E-state index contributed by atoms with van der Waals surface area (Å²) >= 11 is 1.55. The predicted molar refractivity (Wildman–Crippen MR) is 78.5 cm³/mol. The third kappa shape index (κ3) is 4.10. The van der Waals surface area contributed by atoms with Crippen molar-refractivity contribution in [3.05, 3.63) is 0 Å². The van der Waals surface area contributed by atoms with Crippen LogP contribution in [0.1, 0.15) is 12.8 Å². The minimum absolute atomic E-state index is 0.0272. The Morgan fingerprint density at radius 1 is 1.50 bits per heavy atom. The van der Waals surface area contributed by atoms with Crippen LogP contribution in [0, 0.1) is 5.41 Å². The van der Waals surface area contributed by atoms with Crippen LogP contribution < -0.4 is 10.6 Å². The first-order valence-corrected chi connectivity index (χ1v) is 8.13. The number of hydrogen-bond donors (Lipinski definition) is 2. The Hall–Kier alpha value is -0.790. The lowest BCUT2D eigenvalue weighted by Gasteiger charge is -2.37. The van der Waals surface area contributed by atoms with Crippen LogP contribution in [0.3, 0.4) is 0 Å². The number of amides is 2. The van der Waals surface area contributed by atoms with E-state index in [-0.39, 0.29) is 23.8 Å². The quantitative estimate of drug-likeness (QED) is 0.702. The van der Waals surface area contributed by atoms with E-state index in [9.17, 15) is 9.59 Å². The molecular formula is C13H23N3O3S. The fraction of sp³-hybridized carbons (Fsp3) is 0.846. The second-order valence-corrected chi connectivity index (χ2v) is 6.48. The highest BCUT2D eigenvalue weighted by Crippen LogP contribution is 2.28. The van der Waals surface area contributed by atoms with E-state index >= 15 is 0 Å². The van der Waals surface area contributed by atoms with Crippen LogP contribution in [0.4, 0.5) is 0 Å². The summed E-state index contributed by atoms with van der Waals surface area (Å²) in [7, 11) is 1.70. The molecule has 0 aromatic carbocycles. The van der Waals surface area contributed by atoms with Crippen LogP contribution in [0.15, 0.2) is 0 Å². The second kappa shape index (κ2) is 7.28. The van der Waals surface area contributed by atoms with Crippen molar-refractivity contribution in [2.75, 3.05) is 51.5 Å². The number of rotatable bonds is 6. The molecule has 2 rings (SSSR count). The summed E-state index contributed by atoms with van der Waals surface area (Å²) in [6.07, 6.45) is 2.00. The van der Waals surface area contributed by atoms with E-state index in [1.54, 1.807) is 23.8 Å². The van der Waals surface area contributed by atoms with E-state index in [0.717, 1.165) is 25.9 Å². The van der Waals surface area contributed by atoms with Crippen molar-refractivity contribution in [1.82, 2.24) is 15.5 Å². The third-order valence-electron chi connectivity index (χ3n) is 3.94. The smallest absolute Gasteiger partial charge is 0.239 e. The van der Waals surface area contributed by atoms with Crippen molar-refractivity contribution in [3.8, 4) is 0 Å². The van der Waals surface area contributed by atoms with Gasteiger partial charge in [-0.25, -0.2) is 0 Å². The van der Waals surface area contributed by atoms with E-state index in [1.165, 1.54) is 0 Å². The van der Waals surface area contributed by atoms with Gasteiger partial charge in [0.05, 0.1) is 18.2 Å². The highest BCUT2D eigenvalue weighted by atomic mass is 32.2. The highest BCUT2D eigenvalue weighted by molar-refractivity contribution is 8.00. The molecule has 2 fully saturated rings. The second-order valence-electron chi connectivity index (χ2n) is 5.53. The molecule has 7 heteroatoms. The van der Waals surface area contributed by atoms with Crippen LogP contribution in [0.25, 0.3) is 0 Å². The first kappa shape index (κ1) is 15.6. The summed E-state index contributed by atoms with van der Waals surface area (Å²) in [5, 5.41) is 6.30. The first-order chi connectivity index (χ1) is 9.65. The van der Waals surface area contributed by atoms with Crippen molar-refractivity contribution < 1.29 is 14.3 Å². The molecule has 0 aliphatic carbocycles. The van der Waals surface area contributed by atoms with Gasteiger partial charge in [-0.05, 0) is 25.9 Å². The van der Waals surface area contributed by atoms with Crippen LogP contribution >= 0.6 is 11.8 Å². The molecule has 2 amide bonds. The Morgan fingerprint density at radius 2 is 2.25 bits per heavy atom. The molecular weight excluding hydrogens is 278 g/mol. The minimum Gasteiger partial charge on any atom is -0.384 e. The van der Waals surface area contributed by atoms with Crippen LogP contribution in [-0.2, 0) is 14.3 Å². The average Bonchev–Trinajstić information content (AvgIpc) is 2.84. The molecule has 2 saturated heterocycles. The molecule has 20 heavy (non-hydrogen) atoms. The topological polar surface area (TPSA) is 70.7 Å². The van der Waals surface area contributed by atoms with Crippen LogP contribution in [-0.4, -0.2) is 68.2 Å². The Morgan fingerprint density at radius 3 is 2.85 bits per heavy atom. The van der Waals surface area contributed by atoms with Crippen molar-refractivity contribution in [3.63, 3.8) is 0 Å². The molecule has 0 aromatic heterocycles. The molecule has 2 N–H and O–H groups in total. The van der Waals surface area contributed by atoms with Gasteiger partial charge >= 0.3 is 0 Å². The molecule has 2 aliphatic rings. The largest absolute Gasteiger partial charge is 0.384 e. The fourth-order valence-corrected chi connectivity index (χ4v) is 3.60. The molecule has 0 saturated carbocycles. The Bertz CT molecular complexity index is 353. The zero-order chi connectivity index (χ0) is 14.4. The summed E-state index contributed by atoms with van der Waals surface area (Å²) in [6, 6.07) is 0. The zero-order valence-electron chi connectivity index (χ0n) is 11.9. The third-order valence-corrected chi connectivity index (χ3v) is 4.88. The number of hydrogen-bond acceptors (Lipinski definition) is 5. The first-order valence-electron chi connectivity index (χ1n) is 6.97. The number of nitrogens with zero attached hydrogens (tertiary/aromatic N) is 1. The molecule has 0 radical (unpaired) electrons. The van der Waals surface area contributed by atoms with Gasteiger partial charge in [-0.1, -0.05) is 0 Å². The highest BCUT2D eigenvalue weighted by Gasteiger charge is 2.33. The molecule has 2 aliphatic heterocycles. The lowest BCUT2D eigenvalue weighted by atomic mass is 9.79.